The van der Waals surface area contributed by atoms with Crippen molar-refractivity contribution in [3.05, 3.63) is 17.3 Å². The molecule has 1 aromatic rings. The molecule has 74 valence electrons. The fourth-order valence-electron chi connectivity index (χ4n) is 0.992. The number of nitrogens with zero attached hydrogens (tertiary/aromatic N) is 4. The summed E-state index contributed by atoms with van der Waals surface area (Å²) in [5.74, 6) is 0.720. The fraction of sp³-hybridized carbons (Fsp3) is 0.444. The lowest BCUT2D eigenvalue weighted by atomic mass is 10.2. The Labute approximate surface area is 88.1 Å². The van der Waals surface area contributed by atoms with E-state index < -0.39 is 0 Å². The van der Waals surface area contributed by atoms with Crippen LogP contribution in [0, 0.1) is 11.3 Å². The van der Waals surface area contributed by atoms with Crippen LogP contribution in [0.4, 0.5) is 5.82 Å². The molecule has 0 aromatic carbocycles. The number of halogens is 1. The highest BCUT2D eigenvalue weighted by Gasteiger charge is 2.10. The summed E-state index contributed by atoms with van der Waals surface area (Å²) in [6, 6.07) is 5.70. The lowest BCUT2D eigenvalue weighted by molar-refractivity contribution is 0.688. The zero-order valence-electron chi connectivity index (χ0n) is 8.11. The van der Waals surface area contributed by atoms with Crippen molar-refractivity contribution in [1.29, 1.82) is 5.26 Å². The Balaban J connectivity index is 2.74. The van der Waals surface area contributed by atoms with Crippen LogP contribution in [0.15, 0.2) is 12.1 Å². The molecule has 0 spiro atoms. The first-order valence-electron chi connectivity index (χ1n) is 4.24. The van der Waals surface area contributed by atoms with Crippen molar-refractivity contribution in [3.63, 3.8) is 0 Å². The molecule has 0 fully saturated rings. The van der Waals surface area contributed by atoms with Crippen LogP contribution in [-0.2, 0) is 0 Å². The summed E-state index contributed by atoms with van der Waals surface area (Å²) < 4.78 is 0. The van der Waals surface area contributed by atoms with Gasteiger partial charge in [-0.15, -0.1) is 10.2 Å². The summed E-state index contributed by atoms with van der Waals surface area (Å²) in [5.41, 5.74) is 0. The summed E-state index contributed by atoms with van der Waals surface area (Å²) in [6.45, 7) is 1.96. The molecule has 1 aromatic heterocycles. The van der Waals surface area contributed by atoms with Crippen molar-refractivity contribution >= 4 is 17.4 Å². The summed E-state index contributed by atoms with van der Waals surface area (Å²) in [5, 5.41) is 16.6. The average Bonchev–Trinajstić information content (AvgIpc) is 2.18. The van der Waals surface area contributed by atoms with E-state index in [2.05, 4.69) is 16.3 Å². The van der Waals surface area contributed by atoms with Crippen LogP contribution in [0.2, 0.25) is 5.15 Å². The second kappa shape index (κ2) is 4.77. The summed E-state index contributed by atoms with van der Waals surface area (Å²) in [6.07, 6.45) is 0.459. The van der Waals surface area contributed by atoms with Gasteiger partial charge in [-0.25, -0.2) is 0 Å². The fourth-order valence-corrected chi connectivity index (χ4v) is 1.09. The molecule has 0 aliphatic heterocycles. The molecule has 0 amide bonds. The smallest absolute Gasteiger partial charge is 0.151 e. The number of hydrogen-bond donors (Lipinski definition) is 0. The van der Waals surface area contributed by atoms with Crippen LogP contribution in [-0.4, -0.2) is 23.3 Å². The Morgan fingerprint density at radius 2 is 2.29 bits per heavy atom. The van der Waals surface area contributed by atoms with Crippen molar-refractivity contribution in [3.8, 4) is 6.07 Å². The largest absolute Gasteiger partial charge is 0.354 e. The van der Waals surface area contributed by atoms with Gasteiger partial charge in [-0.1, -0.05) is 11.6 Å². The van der Waals surface area contributed by atoms with E-state index in [9.17, 15) is 0 Å². The van der Waals surface area contributed by atoms with Crippen molar-refractivity contribution in [2.45, 2.75) is 19.4 Å². The molecule has 0 N–H and O–H groups in total. The molecule has 0 aliphatic carbocycles. The monoisotopic (exact) mass is 210 g/mol. The van der Waals surface area contributed by atoms with Crippen molar-refractivity contribution in [2.75, 3.05) is 11.9 Å². The SMILES string of the molecule is CC(CC#N)N(C)c1ccc(Cl)nn1. The highest BCUT2D eigenvalue weighted by Crippen LogP contribution is 2.13. The van der Waals surface area contributed by atoms with Gasteiger partial charge in [0.25, 0.3) is 0 Å². The molecule has 1 heterocycles. The highest BCUT2D eigenvalue weighted by atomic mass is 35.5. The Morgan fingerprint density at radius 1 is 1.57 bits per heavy atom. The predicted octanol–water partition coefficient (Wildman–Crippen LogP) is 1.87. The van der Waals surface area contributed by atoms with Gasteiger partial charge < -0.3 is 4.90 Å². The molecular formula is C9H11ClN4. The lowest BCUT2D eigenvalue weighted by Gasteiger charge is -2.23. The van der Waals surface area contributed by atoms with Crippen molar-refractivity contribution < 1.29 is 0 Å². The third-order valence-corrected chi connectivity index (χ3v) is 2.23. The van der Waals surface area contributed by atoms with Gasteiger partial charge in [0.05, 0.1) is 12.5 Å². The maximum Gasteiger partial charge on any atom is 0.151 e. The van der Waals surface area contributed by atoms with E-state index in [-0.39, 0.29) is 6.04 Å². The molecule has 14 heavy (non-hydrogen) atoms. The molecule has 0 bridgehead atoms. The standard InChI is InChI=1S/C9H11ClN4/c1-7(5-6-11)14(2)9-4-3-8(10)12-13-9/h3-4,7H,5H2,1-2H3. The van der Waals surface area contributed by atoms with E-state index in [0.29, 0.717) is 11.6 Å². The van der Waals surface area contributed by atoms with E-state index in [1.54, 1.807) is 12.1 Å². The zero-order chi connectivity index (χ0) is 10.6. The first kappa shape index (κ1) is 10.7. The van der Waals surface area contributed by atoms with E-state index in [0.717, 1.165) is 5.82 Å². The number of nitriles is 1. The van der Waals surface area contributed by atoms with Crippen LogP contribution in [0.1, 0.15) is 13.3 Å². The second-order valence-corrected chi connectivity index (χ2v) is 3.42. The van der Waals surface area contributed by atoms with Crippen LogP contribution in [0.3, 0.4) is 0 Å². The van der Waals surface area contributed by atoms with Gasteiger partial charge in [0, 0.05) is 13.1 Å². The Morgan fingerprint density at radius 3 is 2.79 bits per heavy atom. The highest BCUT2D eigenvalue weighted by molar-refractivity contribution is 6.29. The summed E-state index contributed by atoms with van der Waals surface area (Å²) >= 11 is 5.61. The second-order valence-electron chi connectivity index (χ2n) is 3.04. The normalized spacial score (nSPS) is 11.9. The minimum atomic E-state index is 0.121. The van der Waals surface area contributed by atoms with Gasteiger partial charge in [0.1, 0.15) is 0 Å². The summed E-state index contributed by atoms with van der Waals surface area (Å²) in [4.78, 5) is 1.90. The number of rotatable bonds is 3. The van der Waals surface area contributed by atoms with Gasteiger partial charge in [0.2, 0.25) is 0 Å². The molecule has 1 rings (SSSR count). The van der Waals surface area contributed by atoms with Crippen molar-refractivity contribution in [2.24, 2.45) is 0 Å². The van der Waals surface area contributed by atoms with Gasteiger partial charge in [-0.3, -0.25) is 0 Å². The molecule has 0 radical (unpaired) electrons. The van der Waals surface area contributed by atoms with E-state index in [1.807, 2.05) is 18.9 Å². The first-order chi connectivity index (χ1) is 6.65. The number of anilines is 1. The maximum absolute atomic E-state index is 8.54. The summed E-state index contributed by atoms with van der Waals surface area (Å²) in [7, 11) is 1.87. The Hall–Kier alpha value is -1.34. The molecule has 4 nitrogen and oxygen atoms in total. The number of aromatic nitrogens is 2. The van der Waals surface area contributed by atoms with Crippen molar-refractivity contribution in [1.82, 2.24) is 10.2 Å². The quantitative estimate of drug-likeness (QED) is 0.764. The Bertz CT molecular complexity index is 330. The van der Waals surface area contributed by atoms with Gasteiger partial charge >= 0.3 is 0 Å². The minimum Gasteiger partial charge on any atom is -0.354 e. The third kappa shape index (κ3) is 2.57. The third-order valence-electron chi connectivity index (χ3n) is 2.03. The molecule has 0 saturated carbocycles. The average molecular weight is 211 g/mol. The van der Waals surface area contributed by atoms with Crippen LogP contribution >= 0.6 is 11.6 Å². The van der Waals surface area contributed by atoms with Gasteiger partial charge in [-0.2, -0.15) is 5.26 Å². The minimum absolute atomic E-state index is 0.121. The zero-order valence-corrected chi connectivity index (χ0v) is 8.86. The van der Waals surface area contributed by atoms with E-state index >= 15 is 0 Å². The Kier molecular flexibility index (Phi) is 3.66. The maximum atomic E-state index is 8.54. The molecule has 1 atom stereocenters. The first-order valence-corrected chi connectivity index (χ1v) is 4.62. The molecule has 5 heteroatoms. The molecule has 0 saturated heterocycles. The van der Waals surface area contributed by atoms with Gasteiger partial charge in [0.15, 0.2) is 11.0 Å². The molecule has 1 unspecified atom stereocenters. The molecular weight excluding hydrogens is 200 g/mol. The van der Waals surface area contributed by atoms with E-state index in [1.165, 1.54) is 0 Å². The van der Waals surface area contributed by atoms with Gasteiger partial charge in [-0.05, 0) is 19.1 Å². The van der Waals surface area contributed by atoms with Crippen LogP contribution < -0.4 is 4.90 Å². The number of hydrogen-bond acceptors (Lipinski definition) is 4. The molecule has 0 aliphatic rings. The lowest BCUT2D eigenvalue weighted by Crippen LogP contribution is -2.29. The van der Waals surface area contributed by atoms with Crippen LogP contribution in [0.25, 0.3) is 0 Å². The van der Waals surface area contributed by atoms with Crippen LogP contribution in [0.5, 0.6) is 0 Å². The van der Waals surface area contributed by atoms with E-state index in [4.69, 9.17) is 16.9 Å². The topological polar surface area (TPSA) is 52.8 Å². The predicted molar refractivity (Wildman–Crippen MR) is 55.1 cm³/mol.